The average Bonchev–Trinajstić information content (AvgIpc) is 2.99. The lowest BCUT2D eigenvalue weighted by Gasteiger charge is -2.25. The second-order valence-corrected chi connectivity index (χ2v) is 15.0. The Morgan fingerprint density at radius 2 is 1.31 bits per heavy atom. The fourth-order valence-electron chi connectivity index (χ4n) is 4.59. The first kappa shape index (κ1) is 38.3. The van der Waals surface area contributed by atoms with Gasteiger partial charge in [0, 0.05) is 14.2 Å². The van der Waals surface area contributed by atoms with E-state index in [4.69, 9.17) is 27.6 Å². The van der Waals surface area contributed by atoms with Crippen molar-refractivity contribution in [2.75, 3.05) is 39.8 Å². The standard InChI is InChI=1S/C33H48O10P2/c1-9-12-13-14-26-22-29(42-44(36,38-7)19-17-31(34)40-10-2)33(28-21-25(6)15-16-27(28)24(4)5)30(23-26)43-45(37,39-8)20-18-32(35)41-11-3/h15-16,21-23H,4,9-14,17-20H2,1-3,5-8H3. The first-order valence-electron chi connectivity index (χ1n) is 15.3. The van der Waals surface area contributed by atoms with E-state index in [1.54, 1.807) is 26.0 Å². The van der Waals surface area contributed by atoms with Gasteiger partial charge in [0.15, 0.2) is 0 Å². The number of hydrogen-bond acceptors (Lipinski definition) is 10. The number of ether oxygens (including phenoxy) is 2. The Morgan fingerprint density at radius 1 is 0.800 bits per heavy atom. The van der Waals surface area contributed by atoms with Crippen molar-refractivity contribution in [2.24, 2.45) is 0 Å². The molecule has 0 aromatic heterocycles. The van der Waals surface area contributed by atoms with Crippen LogP contribution in [0.2, 0.25) is 0 Å². The van der Waals surface area contributed by atoms with Crippen molar-refractivity contribution in [2.45, 2.75) is 73.1 Å². The van der Waals surface area contributed by atoms with Crippen molar-refractivity contribution < 1.29 is 46.3 Å². The minimum atomic E-state index is -3.90. The number of hydrogen-bond donors (Lipinski definition) is 0. The molecule has 12 heteroatoms. The van der Waals surface area contributed by atoms with Gasteiger partial charge in [-0.2, -0.15) is 0 Å². The number of carbonyl (C=O) groups is 2. The minimum Gasteiger partial charge on any atom is -0.466 e. The van der Waals surface area contributed by atoms with Gasteiger partial charge in [-0.25, -0.2) is 9.13 Å². The summed E-state index contributed by atoms with van der Waals surface area (Å²) >= 11 is 0. The first-order valence-corrected chi connectivity index (χ1v) is 18.7. The highest BCUT2D eigenvalue weighted by atomic mass is 31.2. The van der Waals surface area contributed by atoms with Crippen molar-refractivity contribution in [1.29, 1.82) is 0 Å². The average molecular weight is 667 g/mol. The summed E-state index contributed by atoms with van der Waals surface area (Å²) in [5.41, 5.74) is 4.18. The number of unbranched alkanes of at least 4 members (excludes halogenated alkanes) is 2. The van der Waals surface area contributed by atoms with E-state index < -0.39 is 27.1 Å². The normalized spacial score (nSPS) is 13.8. The van der Waals surface area contributed by atoms with Crippen LogP contribution in [0.25, 0.3) is 16.7 Å². The minimum absolute atomic E-state index is 0.161. The molecule has 2 aromatic rings. The highest BCUT2D eigenvalue weighted by Gasteiger charge is 2.33. The number of rotatable bonds is 20. The van der Waals surface area contributed by atoms with Crippen molar-refractivity contribution in [3.05, 3.63) is 53.6 Å². The molecule has 2 rings (SSSR count). The van der Waals surface area contributed by atoms with Crippen molar-refractivity contribution >= 4 is 32.7 Å². The third-order valence-corrected chi connectivity index (χ3v) is 10.5. The van der Waals surface area contributed by atoms with Gasteiger partial charge in [0.05, 0.1) is 43.9 Å². The SMILES string of the molecule is C=C(C)c1ccc(C)cc1-c1c(OP(=O)(CCC(=O)OCC)OC)cc(CCCCC)cc1OP(=O)(CCC(=O)OCC)OC. The molecule has 2 atom stereocenters. The zero-order valence-electron chi connectivity index (χ0n) is 27.6. The second-order valence-electron chi connectivity index (χ2n) is 10.6. The van der Waals surface area contributed by atoms with Crippen LogP contribution in [0.1, 0.15) is 76.5 Å². The maximum absolute atomic E-state index is 14.0. The fourth-order valence-corrected chi connectivity index (χ4v) is 7.08. The fraction of sp³-hybridized carbons (Fsp3) is 0.515. The van der Waals surface area contributed by atoms with E-state index in [9.17, 15) is 18.7 Å². The van der Waals surface area contributed by atoms with Gasteiger partial charge in [0.25, 0.3) is 0 Å². The summed E-state index contributed by atoms with van der Waals surface area (Å²) < 4.78 is 61.1. The van der Waals surface area contributed by atoms with E-state index in [0.717, 1.165) is 41.5 Å². The summed E-state index contributed by atoms with van der Waals surface area (Å²) in [6.07, 6.45) is 2.64. The number of esters is 2. The van der Waals surface area contributed by atoms with Gasteiger partial charge >= 0.3 is 27.1 Å². The van der Waals surface area contributed by atoms with Crippen LogP contribution in [0, 0.1) is 6.92 Å². The lowest BCUT2D eigenvalue weighted by Crippen LogP contribution is -2.11. The van der Waals surface area contributed by atoms with E-state index in [1.165, 1.54) is 14.2 Å². The van der Waals surface area contributed by atoms with E-state index in [2.05, 4.69) is 13.5 Å². The van der Waals surface area contributed by atoms with Crippen LogP contribution in [0.3, 0.4) is 0 Å². The van der Waals surface area contributed by atoms with Crippen molar-refractivity contribution in [3.8, 4) is 22.6 Å². The summed E-state index contributed by atoms with van der Waals surface area (Å²) in [6, 6.07) is 9.29. The summed E-state index contributed by atoms with van der Waals surface area (Å²) in [6.45, 7) is 13.8. The van der Waals surface area contributed by atoms with Gasteiger partial charge in [-0.1, -0.05) is 55.7 Å². The molecular weight excluding hydrogens is 618 g/mol. The molecule has 0 heterocycles. The topological polar surface area (TPSA) is 124 Å². The molecule has 0 saturated carbocycles. The Morgan fingerprint density at radius 3 is 1.73 bits per heavy atom. The summed E-state index contributed by atoms with van der Waals surface area (Å²) in [7, 11) is -5.29. The Kier molecular flexibility index (Phi) is 15.6. The lowest BCUT2D eigenvalue weighted by atomic mass is 9.91. The van der Waals surface area contributed by atoms with E-state index in [1.807, 2.05) is 32.0 Å². The molecule has 250 valence electrons. The molecule has 45 heavy (non-hydrogen) atoms. The Balaban J connectivity index is 2.84. The van der Waals surface area contributed by atoms with Crippen LogP contribution in [0.15, 0.2) is 36.9 Å². The third-order valence-electron chi connectivity index (χ3n) is 6.92. The highest BCUT2D eigenvalue weighted by molar-refractivity contribution is 7.54. The largest absolute Gasteiger partial charge is 0.466 e. The van der Waals surface area contributed by atoms with Crippen molar-refractivity contribution in [3.63, 3.8) is 0 Å². The molecule has 0 spiro atoms. The molecule has 0 N–H and O–H groups in total. The number of carbonyl (C=O) groups excluding carboxylic acids is 2. The number of allylic oxidation sites excluding steroid dienone is 1. The van der Waals surface area contributed by atoms with Crippen LogP contribution in [-0.2, 0) is 43.7 Å². The summed E-state index contributed by atoms with van der Waals surface area (Å²) in [5, 5.41) is 0. The number of aryl methyl sites for hydroxylation is 2. The van der Waals surface area contributed by atoms with Crippen LogP contribution in [0.4, 0.5) is 0 Å². The molecule has 0 fully saturated rings. The van der Waals surface area contributed by atoms with Gasteiger partial charge in [-0.15, -0.1) is 0 Å². The van der Waals surface area contributed by atoms with Crippen molar-refractivity contribution in [1.82, 2.24) is 0 Å². The van der Waals surface area contributed by atoms with Gasteiger partial charge in [0.1, 0.15) is 11.5 Å². The molecule has 0 radical (unpaired) electrons. The second kappa shape index (κ2) is 18.3. The Hall–Kier alpha value is -2.90. The molecule has 0 bridgehead atoms. The molecule has 0 aliphatic carbocycles. The van der Waals surface area contributed by atoms with E-state index in [-0.39, 0.29) is 49.9 Å². The Labute approximate surface area is 267 Å². The molecule has 0 amide bonds. The molecule has 0 aliphatic heterocycles. The third kappa shape index (κ3) is 11.8. The van der Waals surface area contributed by atoms with Crippen LogP contribution in [0.5, 0.6) is 11.5 Å². The predicted molar refractivity (Wildman–Crippen MR) is 177 cm³/mol. The van der Waals surface area contributed by atoms with Gasteiger partial charge in [-0.05, 0) is 69.4 Å². The zero-order chi connectivity index (χ0) is 33.6. The molecule has 0 saturated heterocycles. The zero-order valence-corrected chi connectivity index (χ0v) is 29.4. The summed E-state index contributed by atoms with van der Waals surface area (Å²) in [4.78, 5) is 24.3. The monoisotopic (exact) mass is 666 g/mol. The maximum atomic E-state index is 14.0. The van der Waals surface area contributed by atoms with Gasteiger partial charge in [0.2, 0.25) is 0 Å². The predicted octanol–water partition coefficient (Wildman–Crippen LogP) is 8.77. The van der Waals surface area contributed by atoms with Gasteiger partial charge < -0.3 is 27.6 Å². The molecule has 2 unspecified atom stereocenters. The first-order chi connectivity index (χ1) is 21.3. The quantitative estimate of drug-likeness (QED) is 0.0769. The van der Waals surface area contributed by atoms with Crippen LogP contribution < -0.4 is 9.05 Å². The van der Waals surface area contributed by atoms with E-state index >= 15 is 0 Å². The highest BCUT2D eigenvalue weighted by Crippen LogP contribution is 2.56. The van der Waals surface area contributed by atoms with E-state index in [0.29, 0.717) is 17.5 Å². The Bertz CT molecular complexity index is 1350. The molecule has 10 nitrogen and oxygen atoms in total. The maximum Gasteiger partial charge on any atom is 0.379 e. The smallest absolute Gasteiger partial charge is 0.379 e. The van der Waals surface area contributed by atoms with Gasteiger partial charge in [-0.3, -0.25) is 9.59 Å². The molecule has 2 aromatic carbocycles. The molecular formula is C33H48O10P2. The van der Waals surface area contributed by atoms with Crippen LogP contribution in [-0.4, -0.2) is 51.7 Å². The molecule has 0 aliphatic rings. The summed E-state index contributed by atoms with van der Waals surface area (Å²) in [5.74, 6) is -0.730. The number of benzene rings is 2. The lowest BCUT2D eigenvalue weighted by molar-refractivity contribution is -0.143. The van der Waals surface area contributed by atoms with Crippen LogP contribution >= 0.6 is 15.2 Å².